The highest BCUT2D eigenvalue weighted by atomic mass is 19.2. The lowest BCUT2D eigenvalue weighted by Gasteiger charge is -2.06. The van der Waals surface area contributed by atoms with Crippen LogP contribution in [0.25, 0.3) is 6.08 Å². The number of nitro groups is 1. The first-order valence-corrected chi connectivity index (χ1v) is 7.24. The summed E-state index contributed by atoms with van der Waals surface area (Å²) >= 11 is 0. The third-order valence-electron chi connectivity index (χ3n) is 3.11. The maximum atomic E-state index is 13.0. The number of hydrogen-bond donors (Lipinski definition) is 1. The summed E-state index contributed by atoms with van der Waals surface area (Å²) in [6, 6.07) is 9.14. The molecule has 1 amide bonds. The first-order valence-electron chi connectivity index (χ1n) is 7.24. The van der Waals surface area contributed by atoms with Gasteiger partial charge in [0.25, 0.3) is 5.69 Å². The molecule has 0 fully saturated rings. The van der Waals surface area contributed by atoms with Gasteiger partial charge in [-0.3, -0.25) is 14.9 Å². The molecule has 6 nitrogen and oxygen atoms in total. The molecule has 0 bridgehead atoms. The number of nitrogens with zero attached hydrogens (tertiary/aromatic N) is 1. The Kier molecular flexibility index (Phi) is 6.16. The van der Waals surface area contributed by atoms with Crippen LogP contribution >= 0.6 is 0 Å². The summed E-state index contributed by atoms with van der Waals surface area (Å²) in [5.41, 5.74) is 0.203. The number of nitrogens with one attached hydrogen (secondary N) is 1. The van der Waals surface area contributed by atoms with Crippen molar-refractivity contribution in [1.82, 2.24) is 5.32 Å². The predicted molar refractivity (Wildman–Crippen MR) is 87.0 cm³/mol. The largest absolute Gasteiger partial charge is 0.492 e. The van der Waals surface area contributed by atoms with Crippen LogP contribution in [0.3, 0.4) is 0 Å². The molecule has 0 atom stereocenters. The van der Waals surface area contributed by atoms with Crippen LogP contribution in [0.2, 0.25) is 0 Å². The SMILES string of the molecule is O=C(/C=C/c1ccccc1[N+](=O)[O-])NCCOc1ccc(F)c(F)c1. The minimum atomic E-state index is -1.02. The number of nitro benzene ring substituents is 1. The second kappa shape index (κ2) is 8.53. The van der Waals surface area contributed by atoms with Gasteiger partial charge in [-0.05, 0) is 24.3 Å². The Bertz CT molecular complexity index is 809. The average Bonchev–Trinajstić information content (AvgIpc) is 2.60. The number of benzene rings is 2. The fourth-order valence-corrected chi connectivity index (χ4v) is 1.93. The van der Waals surface area contributed by atoms with Crippen LogP contribution in [0.15, 0.2) is 48.5 Å². The normalized spacial score (nSPS) is 10.6. The Labute approximate surface area is 141 Å². The topological polar surface area (TPSA) is 81.5 Å². The average molecular weight is 348 g/mol. The van der Waals surface area contributed by atoms with Gasteiger partial charge >= 0.3 is 0 Å². The number of ether oxygens (including phenoxy) is 1. The highest BCUT2D eigenvalue weighted by molar-refractivity contribution is 5.92. The number of hydrogen-bond acceptors (Lipinski definition) is 4. The van der Waals surface area contributed by atoms with Gasteiger partial charge in [-0.2, -0.15) is 0 Å². The Morgan fingerprint density at radius 3 is 2.68 bits per heavy atom. The third-order valence-corrected chi connectivity index (χ3v) is 3.11. The first kappa shape index (κ1) is 18.1. The lowest BCUT2D eigenvalue weighted by molar-refractivity contribution is -0.385. The van der Waals surface area contributed by atoms with Crippen molar-refractivity contribution in [2.24, 2.45) is 0 Å². The minimum Gasteiger partial charge on any atom is -0.492 e. The van der Waals surface area contributed by atoms with Gasteiger partial charge in [-0.25, -0.2) is 8.78 Å². The molecule has 0 saturated carbocycles. The van der Waals surface area contributed by atoms with Crippen LogP contribution < -0.4 is 10.1 Å². The molecule has 2 aromatic rings. The lowest BCUT2D eigenvalue weighted by Crippen LogP contribution is -2.26. The molecular formula is C17H14F2N2O4. The van der Waals surface area contributed by atoms with Crippen molar-refractivity contribution in [3.05, 3.63) is 75.9 Å². The van der Waals surface area contributed by atoms with Gasteiger partial charge in [-0.15, -0.1) is 0 Å². The number of para-hydroxylation sites is 1. The molecular weight excluding hydrogens is 334 g/mol. The Morgan fingerprint density at radius 2 is 1.96 bits per heavy atom. The van der Waals surface area contributed by atoms with E-state index in [2.05, 4.69) is 5.32 Å². The van der Waals surface area contributed by atoms with Gasteiger partial charge in [0.05, 0.1) is 17.0 Å². The maximum Gasteiger partial charge on any atom is 0.276 e. The summed E-state index contributed by atoms with van der Waals surface area (Å²) in [6.45, 7) is 0.176. The standard InChI is InChI=1S/C17H14F2N2O4/c18-14-7-6-13(11-15(14)19)25-10-9-20-17(22)8-5-12-3-1-2-4-16(12)21(23)24/h1-8,11H,9-10H2,(H,20,22)/b8-5+. The van der Waals surface area contributed by atoms with Crippen molar-refractivity contribution in [2.45, 2.75) is 0 Å². The first-order chi connectivity index (χ1) is 12.0. The van der Waals surface area contributed by atoms with Gasteiger partial charge in [0.2, 0.25) is 5.91 Å². The van der Waals surface area contributed by atoms with E-state index >= 15 is 0 Å². The van der Waals surface area contributed by atoms with E-state index in [-0.39, 0.29) is 24.6 Å². The lowest BCUT2D eigenvalue weighted by atomic mass is 10.1. The molecule has 0 aliphatic heterocycles. The zero-order chi connectivity index (χ0) is 18.2. The summed E-state index contributed by atoms with van der Waals surface area (Å²) in [4.78, 5) is 22.0. The number of rotatable bonds is 7. The van der Waals surface area contributed by atoms with Crippen molar-refractivity contribution in [3.8, 4) is 5.75 Å². The number of carbonyl (C=O) groups excluding carboxylic acids is 1. The molecule has 0 heterocycles. The fraction of sp³-hybridized carbons (Fsp3) is 0.118. The molecule has 25 heavy (non-hydrogen) atoms. The van der Waals surface area contributed by atoms with Crippen molar-refractivity contribution in [2.75, 3.05) is 13.2 Å². The van der Waals surface area contributed by atoms with Crippen LogP contribution in [0.1, 0.15) is 5.56 Å². The van der Waals surface area contributed by atoms with Crippen molar-refractivity contribution < 1.29 is 23.2 Å². The zero-order valence-electron chi connectivity index (χ0n) is 12.9. The summed E-state index contributed by atoms with van der Waals surface area (Å²) in [6.07, 6.45) is 2.50. The summed E-state index contributed by atoms with van der Waals surface area (Å²) in [5.74, 6) is -2.31. The van der Waals surface area contributed by atoms with Crippen LogP contribution in [0.5, 0.6) is 5.75 Å². The van der Waals surface area contributed by atoms with Gasteiger partial charge in [0.1, 0.15) is 12.4 Å². The summed E-state index contributed by atoms with van der Waals surface area (Å²) in [7, 11) is 0. The quantitative estimate of drug-likeness (QED) is 0.361. The van der Waals surface area contributed by atoms with E-state index in [1.54, 1.807) is 6.07 Å². The smallest absolute Gasteiger partial charge is 0.276 e. The van der Waals surface area contributed by atoms with E-state index in [9.17, 15) is 23.7 Å². The van der Waals surface area contributed by atoms with Gasteiger partial charge in [0, 0.05) is 18.2 Å². The van der Waals surface area contributed by atoms with E-state index in [1.807, 2.05) is 0 Å². The molecule has 0 aromatic heterocycles. The second-order valence-corrected chi connectivity index (χ2v) is 4.86. The minimum absolute atomic E-state index is 0.0517. The van der Waals surface area contributed by atoms with Gasteiger partial charge in [-0.1, -0.05) is 12.1 Å². The van der Waals surface area contributed by atoms with E-state index in [0.717, 1.165) is 12.1 Å². The van der Waals surface area contributed by atoms with Crippen LogP contribution in [0.4, 0.5) is 14.5 Å². The van der Waals surface area contributed by atoms with Crippen LogP contribution in [0, 0.1) is 21.7 Å². The van der Waals surface area contributed by atoms with E-state index in [4.69, 9.17) is 4.74 Å². The summed E-state index contributed by atoms with van der Waals surface area (Å²) < 4.78 is 30.9. The van der Waals surface area contributed by atoms with Crippen molar-refractivity contribution >= 4 is 17.7 Å². The molecule has 0 aliphatic carbocycles. The third kappa shape index (κ3) is 5.38. The molecule has 130 valence electrons. The Morgan fingerprint density at radius 1 is 1.20 bits per heavy atom. The predicted octanol–water partition coefficient (Wildman–Crippen LogP) is 3.08. The van der Waals surface area contributed by atoms with E-state index in [1.165, 1.54) is 36.4 Å². The molecule has 0 spiro atoms. The number of carbonyl (C=O) groups is 1. The molecule has 8 heteroatoms. The van der Waals surface area contributed by atoms with Crippen LogP contribution in [-0.2, 0) is 4.79 Å². The van der Waals surface area contributed by atoms with E-state index in [0.29, 0.717) is 5.56 Å². The van der Waals surface area contributed by atoms with E-state index < -0.39 is 22.5 Å². The Hall–Kier alpha value is -3.29. The van der Waals surface area contributed by atoms with Crippen molar-refractivity contribution in [1.29, 1.82) is 0 Å². The maximum absolute atomic E-state index is 13.0. The number of amides is 1. The fourth-order valence-electron chi connectivity index (χ4n) is 1.93. The zero-order valence-corrected chi connectivity index (χ0v) is 12.9. The van der Waals surface area contributed by atoms with Crippen LogP contribution in [-0.4, -0.2) is 24.0 Å². The molecule has 1 N–H and O–H groups in total. The highest BCUT2D eigenvalue weighted by Crippen LogP contribution is 2.18. The monoisotopic (exact) mass is 348 g/mol. The van der Waals surface area contributed by atoms with Gasteiger partial charge in [0.15, 0.2) is 11.6 Å². The Balaban J connectivity index is 1.81. The second-order valence-electron chi connectivity index (χ2n) is 4.86. The molecule has 0 radical (unpaired) electrons. The molecule has 2 rings (SSSR count). The summed E-state index contributed by atoms with van der Waals surface area (Å²) in [5, 5.41) is 13.4. The molecule has 0 aliphatic rings. The van der Waals surface area contributed by atoms with Gasteiger partial charge < -0.3 is 10.1 Å². The number of halogens is 2. The molecule has 0 saturated heterocycles. The van der Waals surface area contributed by atoms with Crippen molar-refractivity contribution in [3.63, 3.8) is 0 Å². The highest BCUT2D eigenvalue weighted by Gasteiger charge is 2.09. The molecule has 2 aromatic carbocycles. The molecule has 0 unspecified atom stereocenters.